The molecular weight excluding hydrogens is 222 g/mol. The Labute approximate surface area is 100 Å². The van der Waals surface area contributed by atoms with Crippen LogP contribution in [0.2, 0.25) is 0 Å². The summed E-state index contributed by atoms with van der Waals surface area (Å²) in [6.45, 7) is 0.341. The summed E-state index contributed by atoms with van der Waals surface area (Å²) in [5.41, 5.74) is 0.657. The summed E-state index contributed by atoms with van der Waals surface area (Å²) in [7, 11) is 1.48. The largest absolute Gasteiger partial charge is 0.480 e. The van der Waals surface area contributed by atoms with Gasteiger partial charge in [0.05, 0.1) is 12.7 Å². The van der Waals surface area contributed by atoms with Crippen LogP contribution in [-0.2, 0) is 9.53 Å². The first-order valence-corrected chi connectivity index (χ1v) is 5.33. The van der Waals surface area contributed by atoms with E-state index in [0.29, 0.717) is 5.56 Å². The molecule has 0 aliphatic rings. The number of aliphatic hydroxyl groups excluding tert-OH is 1. The van der Waals surface area contributed by atoms with Crippen LogP contribution in [0.25, 0.3) is 0 Å². The number of aliphatic carboxylic acids is 1. The number of carboxylic acid groups (broad SMARTS) is 1. The van der Waals surface area contributed by atoms with Crippen LogP contribution in [0.4, 0.5) is 0 Å². The van der Waals surface area contributed by atoms with Gasteiger partial charge in [-0.15, -0.1) is 0 Å². The van der Waals surface area contributed by atoms with Gasteiger partial charge in [0, 0.05) is 13.7 Å². The lowest BCUT2D eigenvalue weighted by atomic mass is 10.1. The topological polar surface area (TPSA) is 78.8 Å². The zero-order valence-electron chi connectivity index (χ0n) is 9.67. The molecular formula is C12H17NO4. The minimum atomic E-state index is -0.971. The van der Waals surface area contributed by atoms with E-state index in [2.05, 4.69) is 5.32 Å². The molecule has 0 spiro atoms. The molecule has 0 saturated heterocycles. The lowest BCUT2D eigenvalue weighted by Gasteiger charge is -2.17. The molecule has 2 unspecified atom stereocenters. The second-order valence-corrected chi connectivity index (χ2v) is 3.70. The fourth-order valence-electron chi connectivity index (χ4n) is 1.50. The van der Waals surface area contributed by atoms with E-state index in [9.17, 15) is 9.90 Å². The number of aliphatic hydroxyl groups is 1. The third kappa shape index (κ3) is 4.52. The standard InChI is InChI=1S/C12H17NO4/c1-17-8-10(14)7-13-11(12(15)16)9-5-3-2-4-6-9/h2-6,10-11,13-14H,7-8H2,1H3,(H,15,16). The molecule has 1 aromatic rings. The highest BCUT2D eigenvalue weighted by atomic mass is 16.5. The molecule has 0 saturated carbocycles. The van der Waals surface area contributed by atoms with Crippen molar-refractivity contribution in [3.05, 3.63) is 35.9 Å². The van der Waals surface area contributed by atoms with E-state index in [1.165, 1.54) is 7.11 Å². The summed E-state index contributed by atoms with van der Waals surface area (Å²) in [6.07, 6.45) is -0.717. The van der Waals surface area contributed by atoms with E-state index in [-0.39, 0.29) is 13.2 Å². The van der Waals surface area contributed by atoms with Crippen LogP contribution in [0, 0.1) is 0 Å². The molecule has 0 aromatic heterocycles. The van der Waals surface area contributed by atoms with Gasteiger partial charge < -0.3 is 14.9 Å². The van der Waals surface area contributed by atoms with Gasteiger partial charge in [-0.2, -0.15) is 0 Å². The molecule has 0 heterocycles. The van der Waals surface area contributed by atoms with Crippen LogP contribution >= 0.6 is 0 Å². The Bertz CT molecular complexity index is 342. The Morgan fingerprint density at radius 2 is 2.06 bits per heavy atom. The molecule has 17 heavy (non-hydrogen) atoms. The van der Waals surface area contributed by atoms with Gasteiger partial charge >= 0.3 is 5.97 Å². The third-order valence-corrected chi connectivity index (χ3v) is 2.30. The zero-order valence-corrected chi connectivity index (χ0v) is 9.67. The van der Waals surface area contributed by atoms with Gasteiger partial charge in [0.1, 0.15) is 6.04 Å². The van der Waals surface area contributed by atoms with Gasteiger partial charge in [0.15, 0.2) is 0 Å². The molecule has 1 rings (SSSR count). The van der Waals surface area contributed by atoms with Crippen molar-refractivity contribution in [3.63, 3.8) is 0 Å². The Morgan fingerprint density at radius 1 is 1.41 bits per heavy atom. The molecule has 0 fully saturated rings. The van der Waals surface area contributed by atoms with E-state index >= 15 is 0 Å². The first-order chi connectivity index (χ1) is 8.15. The number of nitrogens with one attached hydrogen (secondary N) is 1. The molecule has 5 heteroatoms. The van der Waals surface area contributed by atoms with Gasteiger partial charge in [0.2, 0.25) is 0 Å². The first kappa shape index (κ1) is 13.6. The highest BCUT2D eigenvalue weighted by molar-refractivity contribution is 5.75. The van der Waals surface area contributed by atoms with E-state index in [1.807, 2.05) is 6.07 Å². The molecule has 0 aliphatic carbocycles. The predicted molar refractivity (Wildman–Crippen MR) is 62.7 cm³/mol. The number of hydrogen-bond donors (Lipinski definition) is 3. The van der Waals surface area contributed by atoms with Gasteiger partial charge in [0.25, 0.3) is 0 Å². The van der Waals surface area contributed by atoms with Crippen molar-refractivity contribution < 1.29 is 19.7 Å². The average Bonchev–Trinajstić information content (AvgIpc) is 2.30. The van der Waals surface area contributed by atoms with Crippen molar-refractivity contribution >= 4 is 5.97 Å². The number of benzene rings is 1. The van der Waals surface area contributed by atoms with Gasteiger partial charge in [-0.3, -0.25) is 10.1 Å². The van der Waals surface area contributed by atoms with E-state index in [0.717, 1.165) is 0 Å². The Kier molecular flexibility index (Phi) is 5.62. The number of carbonyl (C=O) groups is 1. The summed E-state index contributed by atoms with van der Waals surface area (Å²) in [6, 6.07) is 8.02. The maximum absolute atomic E-state index is 11.1. The van der Waals surface area contributed by atoms with Crippen LogP contribution in [-0.4, -0.2) is 42.5 Å². The minimum Gasteiger partial charge on any atom is -0.480 e. The number of rotatable bonds is 7. The van der Waals surface area contributed by atoms with Crippen LogP contribution in [0.15, 0.2) is 30.3 Å². The number of hydrogen-bond acceptors (Lipinski definition) is 4. The highest BCUT2D eigenvalue weighted by Gasteiger charge is 2.19. The summed E-state index contributed by atoms with van der Waals surface area (Å²) in [5, 5.41) is 21.3. The quantitative estimate of drug-likeness (QED) is 0.642. The van der Waals surface area contributed by atoms with E-state index in [4.69, 9.17) is 9.84 Å². The molecule has 0 amide bonds. The van der Waals surface area contributed by atoms with Crippen molar-refractivity contribution in [1.82, 2.24) is 5.32 Å². The number of ether oxygens (including phenoxy) is 1. The second-order valence-electron chi connectivity index (χ2n) is 3.70. The summed E-state index contributed by atoms with van der Waals surface area (Å²) < 4.78 is 4.76. The van der Waals surface area contributed by atoms with Crippen molar-refractivity contribution in [2.24, 2.45) is 0 Å². The summed E-state index contributed by atoms with van der Waals surface area (Å²) in [5.74, 6) is -0.971. The molecule has 5 nitrogen and oxygen atoms in total. The first-order valence-electron chi connectivity index (χ1n) is 5.33. The lowest BCUT2D eigenvalue weighted by Crippen LogP contribution is -2.36. The van der Waals surface area contributed by atoms with E-state index < -0.39 is 18.1 Å². The van der Waals surface area contributed by atoms with Crippen molar-refractivity contribution in [2.75, 3.05) is 20.3 Å². The summed E-state index contributed by atoms with van der Waals surface area (Å²) in [4.78, 5) is 11.1. The molecule has 0 aliphatic heterocycles. The molecule has 2 atom stereocenters. The van der Waals surface area contributed by atoms with Crippen molar-refractivity contribution in [1.29, 1.82) is 0 Å². The lowest BCUT2D eigenvalue weighted by molar-refractivity contribution is -0.139. The third-order valence-electron chi connectivity index (χ3n) is 2.30. The second kappa shape index (κ2) is 7.01. The van der Waals surface area contributed by atoms with Crippen molar-refractivity contribution in [3.8, 4) is 0 Å². The normalized spacial score (nSPS) is 14.2. The predicted octanol–water partition coefficient (Wildman–Crippen LogP) is 0.409. The molecule has 0 bridgehead atoms. The van der Waals surface area contributed by atoms with Gasteiger partial charge in [-0.25, -0.2) is 0 Å². The highest BCUT2D eigenvalue weighted by Crippen LogP contribution is 2.12. The van der Waals surface area contributed by atoms with Crippen molar-refractivity contribution in [2.45, 2.75) is 12.1 Å². The Hall–Kier alpha value is -1.43. The number of carboxylic acids is 1. The zero-order chi connectivity index (χ0) is 12.7. The van der Waals surface area contributed by atoms with Crippen LogP contribution in [0.3, 0.4) is 0 Å². The molecule has 94 valence electrons. The fraction of sp³-hybridized carbons (Fsp3) is 0.417. The van der Waals surface area contributed by atoms with Crippen LogP contribution < -0.4 is 5.32 Å². The average molecular weight is 239 g/mol. The Morgan fingerprint density at radius 3 is 2.59 bits per heavy atom. The Balaban J connectivity index is 2.59. The summed E-state index contributed by atoms with van der Waals surface area (Å²) >= 11 is 0. The molecule has 0 radical (unpaired) electrons. The minimum absolute atomic E-state index is 0.166. The molecule has 3 N–H and O–H groups in total. The van der Waals surface area contributed by atoms with Crippen LogP contribution in [0.1, 0.15) is 11.6 Å². The van der Waals surface area contributed by atoms with E-state index in [1.54, 1.807) is 24.3 Å². The number of methoxy groups -OCH3 is 1. The van der Waals surface area contributed by atoms with Crippen LogP contribution in [0.5, 0.6) is 0 Å². The maximum atomic E-state index is 11.1. The smallest absolute Gasteiger partial charge is 0.325 e. The maximum Gasteiger partial charge on any atom is 0.325 e. The fourth-order valence-corrected chi connectivity index (χ4v) is 1.50. The van der Waals surface area contributed by atoms with Gasteiger partial charge in [-0.05, 0) is 5.56 Å². The monoisotopic (exact) mass is 239 g/mol. The molecule has 1 aromatic carbocycles. The van der Waals surface area contributed by atoms with Gasteiger partial charge in [-0.1, -0.05) is 30.3 Å². The SMILES string of the molecule is COCC(O)CNC(C(=O)O)c1ccccc1.